The second-order valence-corrected chi connectivity index (χ2v) is 6.11. The molecule has 0 N–H and O–H groups in total. The molecule has 0 radical (unpaired) electrons. The van der Waals surface area contributed by atoms with E-state index in [1.165, 1.54) is 4.90 Å². The maximum Gasteiger partial charge on any atom is 0.251 e. The van der Waals surface area contributed by atoms with E-state index >= 15 is 0 Å². The fraction of sp³-hybridized carbons (Fsp3) is 0.529. The van der Waals surface area contributed by atoms with Gasteiger partial charge in [0.05, 0.1) is 18.2 Å². The van der Waals surface area contributed by atoms with Crippen LogP contribution in [0.3, 0.4) is 0 Å². The molecule has 0 saturated carbocycles. The average molecular weight is 301 g/mol. The molecule has 0 spiro atoms. The summed E-state index contributed by atoms with van der Waals surface area (Å²) in [6.07, 6.45) is 1.12. The van der Waals surface area contributed by atoms with Gasteiger partial charge >= 0.3 is 0 Å². The number of para-hydroxylation sites is 1. The summed E-state index contributed by atoms with van der Waals surface area (Å²) >= 11 is 0. The molecule has 118 valence electrons. The molecular formula is C17H23N3O2. The third-order valence-electron chi connectivity index (χ3n) is 4.71. The number of likely N-dealkylation sites (N-methyl/N-ethyl adjacent to an activating group) is 1. The molecule has 1 atom stereocenters. The first-order valence-corrected chi connectivity index (χ1v) is 7.99. The van der Waals surface area contributed by atoms with Gasteiger partial charge in [0.25, 0.3) is 5.91 Å². The van der Waals surface area contributed by atoms with Gasteiger partial charge in [0.15, 0.2) is 0 Å². The Bertz CT molecular complexity index is 579. The first-order valence-electron chi connectivity index (χ1n) is 7.99. The van der Waals surface area contributed by atoms with E-state index in [9.17, 15) is 9.59 Å². The zero-order chi connectivity index (χ0) is 15.7. The van der Waals surface area contributed by atoms with Crippen LogP contribution < -0.4 is 4.90 Å². The number of amides is 2. The van der Waals surface area contributed by atoms with Crippen molar-refractivity contribution in [3.8, 4) is 0 Å². The lowest BCUT2D eigenvalue weighted by Gasteiger charge is -2.35. The molecule has 2 heterocycles. The van der Waals surface area contributed by atoms with Crippen molar-refractivity contribution >= 4 is 17.5 Å². The number of carbonyl (C=O) groups excluding carboxylic acids is 2. The highest BCUT2D eigenvalue weighted by Gasteiger charge is 2.43. The van der Waals surface area contributed by atoms with E-state index in [0.717, 1.165) is 43.9 Å². The largest absolute Gasteiger partial charge is 0.304 e. The summed E-state index contributed by atoms with van der Waals surface area (Å²) in [5.74, 6) is -0.134. The van der Waals surface area contributed by atoms with Crippen LogP contribution in [0.2, 0.25) is 0 Å². The first kappa shape index (κ1) is 15.2. The minimum atomic E-state index is -0.286. The lowest BCUT2D eigenvalue weighted by molar-refractivity contribution is -0.123. The number of imide groups is 1. The van der Waals surface area contributed by atoms with Gasteiger partial charge in [-0.05, 0) is 25.1 Å². The lowest BCUT2D eigenvalue weighted by atomic mass is 10.1. The van der Waals surface area contributed by atoms with Gasteiger partial charge in [0.2, 0.25) is 5.91 Å². The monoisotopic (exact) mass is 301 g/mol. The maximum atomic E-state index is 12.8. The van der Waals surface area contributed by atoms with E-state index in [2.05, 4.69) is 16.8 Å². The second-order valence-electron chi connectivity index (χ2n) is 6.11. The number of aryl methyl sites for hydroxylation is 1. The van der Waals surface area contributed by atoms with Crippen LogP contribution in [0.15, 0.2) is 24.3 Å². The van der Waals surface area contributed by atoms with E-state index in [0.29, 0.717) is 6.42 Å². The molecule has 0 aromatic heterocycles. The molecule has 0 bridgehead atoms. The zero-order valence-corrected chi connectivity index (χ0v) is 13.3. The SMILES string of the molecule is CCc1ccccc1N1C(=O)C[C@H](N2CCN(C)CC2)C1=O. The summed E-state index contributed by atoms with van der Waals surface area (Å²) in [5.41, 5.74) is 1.81. The summed E-state index contributed by atoms with van der Waals surface area (Å²) in [6, 6.07) is 7.41. The number of nitrogens with zero attached hydrogens (tertiary/aromatic N) is 3. The van der Waals surface area contributed by atoms with E-state index in [4.69, 9.17) is 0 Å². The fourth-order valence-corrected chi connectivity index (χ4v) is 3.32. The van der Waals surface area contributed by atoms with Gasteiger partial charge in [0.1, 0.15) is 0 Å². The number of rotatable bonds is 3. The number of carbonyl (C=O) groups is 2. The second kappa shape index (κ2) is 6.18. The normalized spacial score (nSPS) is 24.3. The molecule has 2 aliphatic heterocycles. The Hall–Kier alpha value is -1.72. The van der Waals surface area contributed by atoms with Crippen LogP contribution in [0.25, 0.3) is 0 Å². The number of hydrogen-bond donors (Lipinski definition) is 0. The molecule has 1 aromatic rings. The van der Waals surface area contributed by atoms with Crippen LogP contribution in [0.4, 0.5) is 5.69 Å². The molecule has 3 rings (SSSR count). The molecule has 0 aliphatic carbocycles. The number of piperazine rings is 1. The number of benzene rings is 1. The fourth-order valence-electron chi connectivity index (χ4n) is 3.32. The van der Waals surface area contributed by atoms with E-state index < -0.39 is 0 Å². The Morgan fingerprint density at radius 2 is 1.77 bits per heavy atom. The first-order chi connectivity index (χ1) is 10.6. The molecule has 1 aromatic carbocycles. The van der Waals surface area contributed by atoms with Crippen LogP contribution in [-0.4, -0.2) is 60.9 Å². The average Bonchev–Trinajstić information content (AvgIpc) is 2.83. The van der Waals surface area contributed by atoms with Crippen molar-refractivity contribution in [2.45, 2.75) is 25.8 Å². The van der Waals surface area contributed by atoms with Gasteiger partial charge in [-0.25, -0.2) is 4.90 Å². The Balaban J connectivity index is 1.82. The van der Waals surface area contributed by atoms with Crippen molar-refractivity contribution in [1.29, 1.82) is 0 Å². The van der Waals surface area contributed by atoms with Crippen molar-refractivity contribution in [2.75, 3.05) is 38.1 Å². The topological polar surface area (TPSA) is 43.9 Å². The van der Waals surface area contributed by atoms with Gasteiger partial charge in [-0.1, -0.05) is 25.1 Å². The predicted octanol–water partition coefficient (Wildman–Crippen LogP) is 1.13. The summed E-state index contributed by atoms with van der Waals surface area (Å²) < 4.78 is 0. The van der Waals surface area contributed by atoms with Gasteiger partial charge in [-0.2, -0.15) is 0 Å². The summed E-state index contributed by atoms with van der Waals surface area (Å²) in [7, 11) is 2.09. The molecule has 5 nitrogen and oxygen atoms in total. The molecule has 0 unspecified atom stereocenters. The molecule has 5 heteroatoms. The minimum Gasteiger partial charge on any atom is -0.304 e. The smallest absolute Gasteiger partial charge is 0.251 e. The standard InChI is InChI=1S/C17H23N3O2/c1-3-13-6-4-5-7-14(13)20-16(21)12-15(17(20)22)19-10-8-18(2)9-11-19/h4-7,15H,3,8-12H2,1-2H3/t15-/m0/s1. The lowest BCUT2D eigenvalue weighted by Crippen LogP contribution is -2.51. The van der Waals surface area contributed by atoms with Crippen molar-refractivity contribution in [2.24, 2.45) is 0 Å². The zero-order valence-electron chi connectivity index (χ0n) is 13.3. The molecule has 2 saturated heterocycles. The molecule has 22 heavy (non-hydrogen) atoms. The molecule has 2 aliphatic rings. The van der Waals surface area contributed by atoms with Crippen molar-refractivity contribution < 1.29 is 9.59 Å². The van der Waals surface area contributed by atoms with Crippen LogP contribution in [0.1, 0.15) is 18.9 Å². The van der Waals surface area contributed by atoms with Crippen LogP contribution in [0, 0.1) is 0 Å². The number of anilines is 1. The highest BCUT2D eigenvalue weighted by molar-refractivity contribution is 6.22. The molecule has 2 amide bonds. The predicted molar refractivity (Wildman–Crippen MR) is 85.8 cm³/mol. The molecular weight excluding hydrogens is 278 g/mol. The maximum absolute atomic E-state index is 12.8. The van der Waals surface area contributed by atoms with Gasteiger partial charge in [-0.15, -0.1) is 0 Å². The van der Waals surface area contributed by atoms with E-state index in [1.54, 1.807) is 0 Å². The molecule has 2 fully saturated rings. The van der Waals surface area contributed by atoms with Crippen molar-refractivity contribution in [3.05, 3.63) is 29.8 Å². The Morgan fingerprint density at radius 3 is 2.45 bits per heavy atom. The highest BCUT2D eigenvalue weighted by Crippen LogP contribution is 2.29. The van der Waals surface area contributed by atoms with Crippen LogP contribution in [0.5, 0.6) is 0 Å². The summed E-state index contributed by atoms with van der Waals surface area (Å²) in [4.78, 5) is 31.1. The van der Waals surface area contributed by atoms with Gasteiger partial charge < -0.3 is 4.90 Å². The Morgan fingerprint density at radius 1 is 1.09 bits per heavy atom. The van der Waals surface area contributed by atoms with Crippen LogP contribution >= 0.6 is 0 Å². The van der Waals surface area contributed by atoms with E-state index in [1.807, 2.05) is 31.2 Å². The Kier molecular flexibility index (Phi) is 4.27. The van der Waals surface area contributed by atoms with E-state index in [-0.39, 0.29) is 17.9 Å². The van der Waals surface area contributed by atoms with Crippen molar-refractivity contribution in [3.63, 3.8) is 0 Å². The van der Waals surface area contributed by atoms with Gasteiger partial charge in [0, 0.05) is 26.2 Å². The number of hydrogen-bond acceptors (Lipinski definition) is 4. The quantitative estimate of drug-likeness (QED) is 0.785. The minimum absolute atomic E-state index is 0.0598. The van der Waals surface area contributed by atoms with Gasteiger partial charge in [-0.3, -0.25) is 14.5 Å². The highest BCUT2D eigenvalue weighted by atomic mass is 16.2. The Labute approximate surface area is 131 Å². The summed E-state index contributed by atoms with van der Waals surface area (Å²) in [6.45, 7) is 5.64. The third kappa shape index (κ3) is 2.66. The van der Waals surface area contributed by atoms with Crippen molar-refractivity contribution in [1.82, 2.24) is 9.80 Å². The third-order valence-corrected chi connectivity index (χ3v) is 4.71. The van der Waals surface area contributed by atoms with Crippen LogP contribution in [-0.2, 0) is 16.0 Å². The summed E-state index contributed by atoms with van der Waals surface area (Å²) in [5, 5.41) is 0.